The summed E-state index contributed by atoms with van der Waals surface area (Å²) in [5, 5.41) is 18.0. The van der Waals surface area contributed by atoms with Crippen molar-refractivity contribution in [3.63, 3.8) is 0 Å². The van der Waals surface area contributed by atoms with Crippen LogP contribution < -0.4 is 15.4 Å². The monoisotopic (exact) mass is 442 g/mol. The summed E-state index contributed by atoms with van der Waals surface area (Å²) in [6.45, 7) is 5.17. The van der Waals surface area contributed by atoms with Crippen molar-refractivity contribution in [3.8, 4) is 5.75 Å². The molecule has 1 aliphatic rings. The van der Waals surface area contributed by atoms with E-state index in [1.165, 1.54) is 49.3 Å². The van der Waals surface area contributed by atoms with Crippen LogP contribution in [0.1, 0.15) is 31.9 Å². The Balaban J connectivity index is 0.000000155. The van der Waals surface area contributed by atoms with Gasteiger partial charge in [0.25, 0.3) is 0 Å². The van der Waals surface area contributed by atoms with E-state index < -0.39 is 5.82 Å². The summed E-state index contributed by atoms with van der Waals surface area (Å²) in [5.41, 5.74) is 8.64. The topological polar surface area (TPSA) is 120 Å². The van der Waals surface area contributed by atoms with Gasteiger partial charge in [-0.2, -0.15) is 14.7 Å². The van der Waals surface area contributed by atoms with Crippen molar-refractivity contribution in [1.29, 1.82) is 0 Å². The zero-order valence-electron chi connectivity index (χ0n) is 18.2. The van der Waals surface area contributed by atoms with Crippen molar-refractivity contribution in [2.75, 3.05) is 30.8 Å². The Morgan fingerprint density at radius 3 is 2.69 bits per heavy atom. The number of aryl methyl sites for hydroxylation is 1. The fourth-order valence-electron chi connectivity index (χ4n) is 3.86. The second kappa shape index (κ2) is 9.35. The molecule has 1 fully saturated rings. The molecule has 4 heterocycles. The summed E-state index contributed by atoms with van der Waals surface area (Å²) < 4.78 is 21.8. The average Bonchev–Trinajstić information content (AvgIpc) is 3.48. The molecule has 0 amide bonds. The number of nitrogens with zero attached hydrogens (tertiary/aromatic N) is 7. The first kappa shape index (κ1) is 21.8. The van der Waals surface area contributed by atoms with E-state index in [-0.39, 0.29) is 18.3 Å². The number of rotatable bonds is 4. The molecule has 170 valence electrons. The van der Waals surface area contributed by atoms with Crippen LogP contribution in [0.5, 0.6) is 5.75 Å². The largest absolute Gasteiger partial charge is 0.494 e. The molecule has 1 saturated heterocycles. The molecule has 11 heteroatoms. The van der Waals surface area contributed by atoms with Crippen molar-refractivity contribution in [3.05, 3.63) is 36.2 Å². The summed E-state index contributed by atoms with van der Waals surface area (Å²) in [7, 11) is 1.39. The van der Waals surface area contributed by atoms with E-state index >= 15 is 0 Å². The Morgan fingerprint density at radius 2 is 2.00 bits per heavy atom. The molecule has 1 aromatic carbocycles. The van der Waals surface area contributed by atoms with Crippen LogP contribution in [0.15, 0.2) is 24.7 Å². The van der Waals surface area contributed by atoms with E-state index in [4.69, 9.17) is 10.5 Å². The average molecular weight is 442 g/mol. The minimum absolute atomic E-state index is 0.0405. The predicted molar refractivity (Wildman–Crippen MR) is 119 cm³/mol. The van der Waals surface area contributed by atoms with Gasteiger partial charge < -0.3 is 20.5 Å². The summed E-state index contributed by atoms with van der Waals surface area (Å²) in [6, 6.07) is 2.79. The van der Waals surface area contributed by atoms with Gasteiger partial charge in [-0.05, 0) is 32.3 Å². The normalized spacial score (nSPS) is 13.9. The van der Waals surface area contributed by atoms with Gasteiger partial charge in [0, 0.05) is 37.3 Å². The molecule has 0 radical (unpaired) electrons. The molecular formula is C21H27FN8O2. The third kappa shape index (κ3) is 4.15. The van der Waals surface area contributed by atoms with Crippen molar-refractivity contribution in [2.45, 2.75) is 39.3 Å². The number of anilines is 2. The fourth-order valence-corrected chi connectivity index (χ4v) is 3.86. The Labute approximate surface area is 184 Å². The number of hydrogen-bond donors (Lipinski definition) is 2. The highest BCUT2D eigenvalue weighted by atomic mass is 19.1. The van der Waals surface area contributed by atoms with E-state index in [1.54, 1.807) is 0 Å². The van der Waals surface area contributed by atoms with E-state index in [1.807, 2.05) is 4.68 Å². The highest BCUT2D eigenvalue weighted by Crippen LogP contribution is 2.26. The zero-order valence-corrected chi connectivity index (χ0v) is 18.2. The molecule has 0 atom stereocenters. The second-order valence-electron chi connectivity index (χ2n) is 7.49. The molecule has 4 aromatic rings. The minimum atomic E-state index is -0.475. The maximum atomic E-state index is 13.6. The first-order valence-electron chi connectivity index (χ1n) is 10.6. The van der Waals surface area contributed by atoms with Gasteiger partial charge in [0.2, 0.25) is 5.95 Å². The van der Waals surface area contributed by atoms with Crippen LogP contribution >= 0.6 is 0 Å². The smallest absolute Gasteiger partial charge is 0.223 e. The Morgan fingerprint density at radius 1 is 1.22 bits per heavy atom. The van der Waals surface area contributed by atoms with Crippen LogP contribution in [-0.4, -0.2) is 54.7 Å². The van der Waals surface area contributed by atoms with Crippen LogP contribution in [0.4, 0.5) is 16.0 Å². The molecule has 0 spiro atoms. The number of hydrogen-bond acceptors (Lipinski definition) is 8. The highest BCUT2D eigenvalue weighted by Gasteiger charge is 2.17. The number of nitrogen functional groups attached to an aromatic ring is 1. The number of methoxy groups -OCH3 is 1. The lowest BCUT2D eigenvalue weighted by atomic mass is 10.1. The highest BCUT2D eigenvalue weighted by molar-refractivity contribution is 5.93. The van der Waals surface area contributed by atoms with Crippen LogP contribution in [0.3, 0.4) is 0 Å². The molecule has 0 bridgehead atoms. The number of halogens is 1. The Bertz CT molecular complexity index is 1220. The van der Waals surface area contributed by atoms with E-state index in [2.05, 4.69) is 38.2 Å². The number of piperidine rings is 1. The fraction of sp³-hybridized carbons (Fsp3) is 0.429. The molecule has 1 aliphatic heterocycles. The molecule has 3 aromatic heterocycles. The van der Waals surface area contributed by atoms with E-state index in [0.29, 0.717) is 16.6 Å². The SMILES string of the molecule is CCn1cc(N2CCCCC2)c(CO)n1.COc1cc2nc(N)n3ncnc3c2cc1F. The van der Waals surface area contributed by atoms with Crippen molar-refractivity contribution < 1.29 is 14.2 Å². The van der Waals surface area contributed by atoms with Crippen molar-refractivity contribution >= 4 is 28.2 Å². The quantitative estimate of drug-likeness (QED) is 0.494. The summed E-state index contributed by atoms with van der Waals surface area (Å²) in [6.07, 6.45) is 7.23. The first-order valence-corrected chi connectivity index (χ1v) is 10.6. The minimum Gasteiger partial charge on any atom is -0.494 e. The maximum Gasteiger partial charge on any atom is 0.223 e. The number of aliphatic hydroxyl groups is 1. The lowest BCUT2D eigenvalue weighted by molar-refractivity contribution is 0.275. The summed E-state index contributed by atoms with van der Waals surface area (Å²) in [5.74, 6) is -0.164. The molecule has 5 rings (SSSR count). The number of nitrogens with two attached hydrogens (primary N) is 1. The summed E-state index contributed by atoms with van der Waals surface area (Å²) >= 11 is 0. The molecule has 3 N–H and O–H groups in total. The number of benzene rings is 1. The molecule has 0 saturated carbocycles. The van der Waals surface area contributed by atoms with Crippen LogP contribution in [0.2, 0.25) is 0 Å². The molecule has 32 heavy (non-hydrogen) atoms. The zero-order chi connectivity index (χ0) is 22.7. The first-order chi connectivity index (χ1) is 15.5. The number of ether oxygens (including phenoxy) is 1. The van der Waals surface area contributed by atoms with Gasteiger partial charge in [0.15, 0.2) is 17.2 Å². The van der Waals surface area contributed by atoms with Gasteiger partial charge >= 0.3 is 0 Å². The Hall–Kier alpha value is -3.47. The van der Waals surface area contributed by atoms with Crippen molar-refractivity contribution in [1.82, 2.24) is 29.4 Å². The molecule has 10 nitrogen and oxygen atoms in total. The number of aliphatic hydroxyl groups excluding tert-OH is 1. The van der Waals surface area contributed by atoms with Gasteiger partial charge in [-0.1, -0.05) is 0 Å². The third-order valence-corrected chi connectivity index (χ3v) is 5.50. The predicted octanol–water partition coefficient (Wildman–Crippen LogP) is 2.39. The third-order valence-electron chi connectivity index (χ3n) is 5.50. The lowest BCUT2D eigenvalue weighted by Gasteiger charge is -2.28. The number of aromatic nitrogens is 6. The molecular weight excluding hydrogens is 415 g/mol. The standard InChI is InChI=1S/C11H19N3O.C10H8FN5O/c1-2-14-8-11(10(9-15)12-14)13-6-4-3-5-7-13;1-17-8-3-7-5(2-6(8)11)9-13-4-14-16(9)10(12)15-7/h8,15H,2-7,9H2,1H3;2-4H,1H3,(H2,12,15). The Kier molecular flexibility index (Phi) is 6.35. The molecule has 0 aliphatic carbocycles. The number of fused-ring (bicyclic) bond motifs is 3. The van der Waals surface area contributed by atoms with Gasteiger partial charge in [-0.3, -0.25) is 4.68 Å². The van der Waals surface area contributed by atoms with Crippen LogP contribution in [-0.2, 0) is 13.2 Å². The maximum absolute atomic E-state index is 13.6. The van der Waals surface area contributed by atoms with Crippen LogP contribution in [0, 0.1) is 5.82 Å². The lowest BCUT2D eigenvalue weighted by Crippen LogP contribution is -2.29. The van der Waals surface area contributed by atoms with E-state index in [0.717, 1.165) is 31.0 Å². The van der Waals surface area contributed by atoms with Crippen molar-refractivity contribution in [2.24, 2.45) is 0 Å². The second-order valence-corrected chi connectivity index (χ2v) is 7.49. The van der Waals surface area contributed by atoms with Gasteiger partial charge in [-0.25, -0.2) is 14.4 Å². The van der Waals surface area contributed by atoms with Gasteiger partial charge in [0.05, 0.1) is 24.9 Å². The summed E-state index contributed by atoms with van der Waals surface area (Å²) in [4.78, 5) is 10.5. The van der Waals surface area contributed by atoms with Crippen LogP contribution in [0.25, 0.3) is 16.6 Å². The molecule has 0 unspecified atom stereocenters. The van der Waals surface area contributed by atoms with Gasteiger partial charge in [-0.15, -0.1) is 0 Å². The van der Waals surface area contributed by atoms with Gasteiger partial charge in [0.1, 0.15) is 12.0 Å². The van der Waals surface area contributed by atoms with E-state index in [9.17, 15) is 9.50 Å².